The minimum Gasteiger partial charge on any atom is -0.497 e. The van der Waals surface area contributed by atoms with Crippen LogP contribution in [0.3, 0.4) is 0 Å². The second-order valence-corrected chi connectivity index (χ2v) is 7.11. The van der Waals surface area contributed by atoms with Gasteiger partial charge in [-0.15, -0.1) is 0 Å². The smallest absolute Gasteiger partial charge is 0.123 e. The van der Waals surface area contributed by atoms with Gasteiger partial charge in [0.1, 0.15) is 11.6 Å². The monoisotopic (exact) mass is 360 g/mol. The molecule has 0 N–H and O–H groups in total. The van der Waals surface area contributed by atoms with Crippen LogP contribution in [0.2, 0.25) is 0 Å². The zero-order valence-electron chi connectivity index (χ0n) is 16.3. The third-order valence-corrected chi connectivity index (χ3v) is 5.03. The third kappa shape index (κ3) is 5.55. The van der Waals surface area contributed by atoms with E-state index < -0.39 is 0 Å². The Bertz CT molecular complexity index is 665. The maximum atomic E-state index is 13.2. The number of rotatable bonds is 9. The lowest BCUT2D eigenvalue weighted by Crippen LogP contribution is -2.42. The van der Waals surface area contributed by atoms with Crippen molar-refractivity contribution in [3.8, 4) is 5.75 Å². The summed E-state index contributed by atoms with van der Waals surface area (Å²) in [5.41, 5.74) is 1.79. The van der Waals surface area contributed by atoms with Gasteiger partial charge in [-0.1, -0.05) is 24.3 Å². The van der Waals surface area contributed by atoms with Crippen LogP contribution < -0.4 is 4.74 Å². The Morgan fingerprint density at radius 3 is 2.04 bits per heavy atom. The Kier molecular flexibility index (Phi) is 7.18. The molecule has 0 radical (unpaired) electrons. The lowest BCUT2D eigenvalue weighted by Gasteiger charge is -2.37. The summed E-state index contributed by atoms with van der Waals surface area (Å²) in [4.78, 5) is 0. The molecule has 0 fully saturated rings. The fourth-order valence-electron chi connectivity index (χ4n) is 3.07. The van der Waals surface area contributed by atoms with Crippen LogP contribution in [0.15, 0.2) is 48.5 Å². The Morgan fingerprint density at radius 2 is 1.50 bits per heavy atom. The molecular weight excluding hydrogens is 331 g/mol. The zero-order chi connectivity index (χ0) is 19.2. The van der Waals surface area contributed by atoms with Gasteiger partial charge in [-0.05, 0) is 62.6 Å². The molecule has 4 heteroatoms. The minimum atomic E-state index is -0.367. The predicted molar refractivity (Wildman–Crippen MR) is 102 cm³/mol. The van der Waals surface area contributed by atoms with Gasteiger partial charge in [0.05, 0.1) is 25.4 Å². The van der Waals surface area contributed by atoms with Crippen molar-refractivity contribution in [2.45, 2.75) is 45.5 Å². The van der Waals surface area contributed by atoms with Crippen LogP contribution >= 0.6 is 0 Å². The molecule has 2 aromatic rings. The standard InChI is InChI=1S/C22H29FO3/c1-16(26-15-18-8-12-20(24-4)13-9-18)21(22(2,3)25-5)14-17-6-10-19(23)11-7-17/h6-13,16,21H,14-15H2,1-5H3/t16?,21-/m0/s1. The molecule has 1 unspecified atom stereocenters. The molecule has 0 aliphatic rings. The molecule has 0 aliphatic heterocycles. The van der Waals surface area contributed by atoms with Crippen LogP contribution in [0.5, 0.6) is 5.75 Å². The van der Waals surface area contributed by atoms with Gasteiger partial charge in [-0.25, -0.2) is 4.39 Å². The van der Waals surface area contributed by atoms with Crippen LogP contribution in [0, 0.1) is 11.7 Å². The Labute approximate surface area is 156 Å². The van der Waals surface area contributed by atoms with Crippen LogP contribution in [0.25, 0.3) is 0 Å². The molecule has 3 nitrogen and oxygen atoms in total. The van der Waals surface area contributed by atoms with Crippen molar-refractivity contribution in [3.05, 3.63) is 65.5 Å². The lowest BCUT2D eigenvalue weighted by atomic mass is 9.81. The predicted octanol–water partition coefficient (Wildman–Crippen LogP) is 5.02. The minimum absolute atomic E-state index is 0.0305. The SMILES string of the molecule is COc1ccc(COC(C)[C@H](Cc2ccc(F)cc2)C(C)(C)OC)cc1. The summed E-state index contributed by atoms with van der Waals surface area (Å²) in [7, 11) is 3.37. The van der Waals surface area contributed by atoms with E-state index >= 15 is 0 Å². The van der Waals surface area contributed by atoms with Crippen molar-refractivity contribution in [2.75, 3.05) is 14.2 Å². The summed E-state index contributed by atoms with van der Waals surface area (Å²) in [6.45, 7) is 6.71. The molecule has 0 spiro atoms. The quantitative estimate of drug-likeness (QED) is 0.628. The maximum Gasteiger partial charge on any atom is 0.123 e. The van der Waals surface area contributed by atoms with Crippen LogP contribution in [0.1, 0.15) is 31.9 Å². The van der Waals surface area contributed by atoms with Crippen molar-refractivity contribution in [1.82, 2.24) is 0 Å². The van der Waals surface area contributed by atoms with E-state index in [0.29, 0.717) is 6.61 Å². The highest BCUT2D eigenvalue weighted by molar-refractivity contribution is 5.26. The molecule has 0 saturated carbocycles. The molecule has 0 aromatic heterocycles. The van der Waals surface area contributed by atoms with Gasteiger partial charge >= 0.3 is 0 Å². The number of halogens is 1. The van der Waals surface area contributed by atoms with Gasteiger partial charge in [0, 0.05) is 13.0 Å². The highest BCUT2D eigenvalue weighted by Crippen LogP contribution is 2.30. The van der Waals surface area contributed by atoms with Crippen molar-refractivity contribution >= 4 is 0 Å². The topological polar surface area (TPSA) is 27.7 Å². The molecule has 2 rings (SSSR count). The summed E-state index contributed by atoms with van der Waals surface area (Å²) in [6.07, 6.45) is 0.724. The molecule has 2 aromatic carbocycles. The summed E-state index contributed by atoms with van der Waals surface area (Å²) in [6, 6.07) is 14.5. The number of methoxy groups -OCH3 is 2. The molecule has 0 heterocycles. The van der Waals surface area contributed by atoms with Crippen molar-refractivity contribution < 1.29 is 18.6 Å². The first-order valence-corrected chi connectivity index (χ1v) is 8.90. The number of hydrogen-bond acceptors (Lipinski definition) is 3. The molecule has 2 atom stereocenters. The van der Waals surface area contributed by atoms with Crippen LogP contribution in [-0.2, 0) is 22.5 Å². The molecule has 26 heavy (non-hydrogen) atoms. The van der Waals surface area contributed by atoms with E-state index in [-0.39, 0.29) is 23.4 Å². The summed E-state index contributed by atoms with van der Waals surface area (Å²) >= 11 is 0. The van der Waals surface area contributed by atoms with Crippen LogP contribution in [0.4, 0.5) is 4.39 Å². The van der Waals surface area contributed by atoms with E-state index in [2.05, 4.69) is 20.8 Å². The molecule has 0 aliphatic carbocycles. The normalized spacial score (nSPS) is 14.1. The van der Waals surface area contributed by atoms with Gasteiger partial charge in [-0.3, -0.25) is 0 Å². The van der Waals surface area contributed by atoms with E-state index in [1.807, 2.05) is 36.4 Å². The Hall–Kier alpha value is -1.91. The molecule has 0 saturated heterocycles. The number of hydrogen-bond donors (Lipinski definition) is 0. The summed E-state index contributed by atoms with van der Waals surface area (Å²) < 4.78 is 30.3. The highest BCUT2D eigenvalue weighted by atomic mass is 19.1. The Morgan fingerprint density at radius 1 is 0.923 bits per heavy atom. The highest BCUT2D eigenvalue weighted by Gasteiger charge is 2.34. The average molecular weight is 360 g/mol. The van der Waals surface area contributed by atoms with Gasteiger partial charge in [-0.2, -0.15) is 0 Å². The van der Waals surface area contributed by atoms with Crippen molar-refractivity contribution in [1.29, 1.82) is 0 Å². The van der Waals surface area contributed by atoms with E-state index in [0.717, 1.165) is 23.3 Å². The zero-order valence-corrected chi connectivity index (χ0v) is 16.3. The van der Waals surface area contributed by atoms with E-state index in [1.54, 1.807) is 14.2 Å². The summed E-state index contributed by atoms with van der Waals surface area (Å²) in [5, 5.41) is 0. The number of ether oxygens (including phenoxy) is 3. The first-order valence-electron chi connectivity index (χ1n) is 8.90. The molecule has 142 valence electrons. The summed E-state index contributed by atoms with van der Waals surface area (Å²) in [5.74, 6) is 0.729. The second-order valence-electron chi connectivity index (χ2n) is 7.11. The van der Waals surface area contributed by atoms with E-state index in [9.17, 15) is 4.39 Å². The van der Waals surface area contributed by atoms with Crippen molar-refractivity contribution in [2.24, 2.45) is 5.92 Å². The Balaban J connectivity index is 2.06. The first-order chi connectivity index (χ1) is 12.4. The molecular formula is C22H29FO3. The number of benzene rings is 2. The largest absolute Gasteiger partial charge is 0.497 e. The van der Waals surface area contributed by atoms with E-state index in [1.165, 1.54) is 12.1 Å². The van der Waals surface area contributed by atoms with E-state index in [4.69, 9.17) is 14.2 Å². The average Bonchev–Trinajstić information content (AvgIpc) is 2.65. The van der Waals surface area contributed by atoms with Gasteiger partial charge in [0.2, 0.25) is 0 Å². The fourth-order valence-corrected chi connectivity index (χ4v) is 3.07. The molecule has 0 amide bonds. The van der Waals surface area contributed by atoms with Crippen molar-refractivity contribution in [3.63, 3.8) is 0 Å². The lowest BCUT2D eigenvalue weighted by molar-refractivity contribution is -0.0947. The van der Waals surface area contributed by atoms with Crippen LogP contribution in [-0.4, -0.2) is 25.9 Å². The van der Waals surface area contributed by atoms with Gasteiger partial charge in [0.15, 0.2) is 0 Å². The maximum absolute atomic E-state index is 13.2. The fraction of sp³-hybridized carbons (Fsp3) is 0.455. The molecule has 0 bridgehead atoms. The second kappa shape index (κ2) is 9.15. The third-order valence-electron chi connectivity index (χ3n) is 5.03. The van der Waals surface area contributed by atoms with Gasteiger partial charge < -0.3 is 14.2 Å². The van der Waals surface area contributed by atoms with Gasteiger partial charge in [0.25, 0.3) is 0 Å². The first kappa shape index (κ1) is 20.4.